The summed E-state index contributed by atoms with van der Waals surface area (Å²) in [5.74, 6) is 0. The van der Waals surface area contributed by atoms with Crippen LogP contribution in [0.15, 0.2) is 42.6 Å². The molecule has 0 aliphatic rings. The Hall–Kier alpha value is -2.02. The van der Waals surface area contributed by atoms with E-state index in [4.69, 9.17) is 10.8 Å². The molecule has 2 atom stereocenters. The topological polar surface area (TPSA) is 90.6 Å². The first-order valence-electron chi connectivity index (χ1n) is 6.51. The number of nitrogens with zero attached hydrogens (tertiary/aromatic N) is 1. The molecule has 1 aromatic heterocycles. The van der Waals surface area contributed by atoms with Crippen LogP contribution in [-0.2, 0) is 6.61 Å². The van der Waals surface area contributed by atoms with E-state index in [1.165, 1.54) is 6.20 Å². The van der Waals surface area contributed by atoms with Crippen LogP contribution in [0.5, 0.6) is 0 Å². The van der Waals surface area contributed by atoms with Gasteiger partial charge >= 0.3 is 0 Å². The minimum atomic E-state index is -1.05. The van der Waals surface area contributed by atoms with Gasteiger partial charge in [-0.15, -0.1) is 0 Å². The number of alkyl halides is 1. The van der Waals surface area contributed by atoms with Gasteiger partial charge in [0.2, 0.25) is 6.20 Å². The number of aliphatic hydroxyl groups is 2. The first-order valence-corrected chi connectivity index (χ1v) is 6.51. The van der Waals surface area contributed by atoms with Crippen molar-refractivity contribution in [2.24, 2.45) is 5.73 Å². The number of hydrogen-bond donors (Lipinski definition) is 4. The number of aliphatic hydroxyl groups excluding tert-OH is 2. The van der Waals surface area contributed by atoms with E-state index in [9.17, 15) is 14.7 Å². The third kappa shape index (κ3) is 3.36. The lowest BCUT2D eigenvalue weighted by atomic mass is 10.00. The van der Waals surface area contributed by atoms with Gasteiger partial charge in [0.1, 0.15) is 13.3 Å². The summed E-state index contributed by atoms with van der Waals surface area (Å²) < 4.78 is 13.3. The summed E-state index contributed by atoms with van der Waals surface area (Å²) in [5, 5.41) is 28.5. The molecule has 1 heterocycles. The number of hydrogen-bond acceptors (Lipinski definition) is 4. The Morgan fingerprint density at radius 3 is 2.24 bits per heavy atom. The average Bonchev–Trinajstić information content (AvgIpc) is 2.53. The van der Waals surface area contributed by atoms with E-state index in [0.717, 1.165) is 15.9 Å². The van der Waals surface area contributed by atoms with Crippen LogP contribution in [0.2, 0.25) is 0 Å². The number of rotatable bonds is 5. The zero-order chi connectivity index (χ0) is 15.4. The fourth-order valence-electron chi connectivity index (χ4n) is 2.02. The predicted octanol–water partition coefficient (Wildman–Crippen LogP) is 0.701. The van der Waals surface area contributed by atoms with Crippen LogP contribution < -0.4 is 10.5 Å². The molecule has 0 spiro atoms. The van der Waals surface area contributed by atoms with Crippen molar-refractivity contribution in [3.8, 4) is 11.1 Å². The predicted molar refractivity (Wildman–Crippen MR) is 74.1 cm³/mol. The van der Waals surface area contributed by atoms with E-state index in [0.29, 0.717) is 11.3 Å². The molecular weight excluding hydrogens is 275 g/mol. The van der Waals surface area contributed by atoms with E-state index < -0.39 is 18.8 Å². The molecule has 0 aliphatic carbocycles. The highest BCUT2D eigenvalue weighted by Crippen LogP contribution is 2.22. The summed E-state index contributed by atoms with van der Waals surface area (Å²) in [5.41, 5.74) is 7.93. The van der Waals surface area contributed by atoms with Crippen LogP contribution >= 0.6 is 0 Å². The second-order valence-corrected chi connectivity index (χ2v) is 4.80. The third-order valence-corrected chi connectivity index (χ3v) is 3.34. The first-order chi connectivity index (χ1) is 10.1. The molecule has 2 aromatic rings. The molecule has 1 aromatic carbocycles. The Bertz CT molecular complexity index is 604. The van der Waals surface area contributed by atoms with Crippen molar-refractivity contribution >= 4 is 0 Å². The molecule has 0 fully saturated rings. The molecule has 112 valence electrons. The molecule has 0 saturated carbocycles. The largest absolute Gasteiger partial charge is 0.387 e. The molecule has 0 aliphatic heterocycles. The standard InChI is InChI=1S/C15H18FN2O3/c16-7-14(17)15(20)11-3-1-10(2-4-11)12-5-6-13(9-19)18(21)8-12/h1-6,8,14-15,19-21H,7,9,17H2/q+1. The van der Waals surface area contributed by atoms with E-state index in [-0.39, 0.29) is 6.61 Å². The van der Waals surface area contributed by atoms with E-state index in [2.05, 4.69) is 0 Å². The van der Waals surface area contributed by atoms with Gasteiger partial charge in [-0.2, -0.15) is 0 Å². The van der Waals surface area contributed by atoms with Crippen molar-refractivity contribution in [1.82, 2.24) is 0 Å². The van der Waals surface area contributed by atoms with Gasteiger partial charge in [-0.05, 0) is 17.2 Å². The summed E-state index contributed by atoms with van der Waals surface area (Å²) in [6, 6.07) is 9.25. The van der Waals surface area contributed by atoms with Crippen molar-refractivity contribution in [3.05, 3.63) is 53.9 Å². The molecule has 0 saturated heterocycles. The summed E-state index contributed by atoms with van der Waals surface area (Å²) in [6.07, 6.45) is 0.424. The second-order valence-electron chi connectivity index (χ2n) is 4.80. The Balaban J connectivity index is 2.24. The summed E-state index contributed by atoms with van der Waals surface area (Å²) >= 11 is 0. The summed E-state index contributed by atoms with van der Waals surface area (Å²) in [4.78, 5) is 0. The normalized spacial score (nSPS) is 13.9. The molecule has 2 rings (SSSR count). The van der Waals surface area contributed by atoms with Gasteiger partial charge in [-0.3, -0.25) is 5.21 Å². The maximum atomic E-state index is 12.4. The molecular formula is C15H18FN2O3+. The van der Waals surface area contributed by atoms with Gasteiger partial charge in [-0.1, -0.05) is 24.3 Å². The smallest absolute Gasteiger partial charge is 0.259 e. The van der Waals surface area contributed by atoms with E-state index >= 15 is 0 Å². The van der Waals surface area contributed by atoms with Gasteiger partial charge in [0.15, 0.2) is 0 Å². The molecule has 2 unspecified atom stereocenters. The molecule has 0 bridgehead atoms. The van der Waals surface area contributed by atoms with Gasteiger partial charge in [0.05, 0.1) is 17.7 Å². The van der Waals surface area contributed by atoms with Crippen LogP contribution in [0.1, 0.15) is 17.4 Å². The van der Waals surface area contributed by atoms with E-state index in [1.807, 2.05) is 0 Å². The minimum Gasteiger partial charge on any atom is -0.387 e. The van der Waals surface area contributed by atoms with Crippen LogP contribution in [0.4, 0.5) is 4.39 Å². The minimum absolute atomic E-state index is 0.261. The van der Waals surface area contributed by atoms with Gasteiger partial charge < -0.3 is 15.9 Å². The summed E-state index contributed by atoms with van der Waals surface area (Å²) in [7, 11) is 0. The second kappa shape index (κ2) is 6.62. The average molecular weight is 293 g/mol. The maximum Gasteiger partial charge on any atom is 0.259 e. The molecule has 21 heavy (non-hydrogen) atoms. The Morgan fingerprint density at radius 1 is 1.10 bits per heavy atom. The molecule has 5 nitrogen and oxygen atoms in total. The third-order valence-electron chi connectivity index (χ3n) is 3.34. The fourth-order valence-corrected chi connectivity index (χ4v) is 2.02. The first kappa shape index (κ1) is 15.4. The van der Waals surface area contributed by atoms with Crippen LogP contribution in [0, 0.1) is 0 Å². The van der Waals surface area contributed by atoms with Crippen molar-refractivity contribution < 1.29 is 24.5 Å². The Labute approximate surface area is 121 Å². The number of nitrogens with two attached hydrogens (primary N) is 1. The SMILES string of the molecule is NC(CF)C(O)c1ccc(-c2ccc(CO)[n+](O)c2)cc1. The highest BCUT2D eigenvalue weighted by molar-refractivity contribution is 5.62. The lowest BCUT2D eigenvalue weighted by Crippen LogP contribution is -2.34. The Morgan fingerprint density at radius 2 is 1.71 bits per heavy atom. The number of pyridine rings is 1. The van der Waals surface area contributed by atoms with Crippen molar-refractivity contribution in [2.45, 2.75) is 18.8 Å². The number of halogens is 1. The van der Waals surface area contributed by atoms with Crippen molar-refractivity contribution in [2.75, 3.05) is 6.67 Å². The lowest BCUT2D eigenvalue weighted by Gasteiger charge is -2.16. The van der Waals surface area contributed by atoms with E-state index in [1.54, 1.807) is 36.4 Å². The van der Waals surface area contributed by atoms with Gasteiger partial charge in [-0.25, -0.2) is 4.39 Å². The highest BCUT2D eigenvalue weighted by atomic mass is 19.1. The summed E-state index contributed by atoms with van der Waals surface area (Å²) in [6.45, 7) is -1.06. The number of benzene rings is 1. The fraction of sp³-hybridized carbons (Fsp3) is 0.267. The zero-order valence-corrected chi connectivity index (χ0v) is 11.4. The lowest BCUT2D eigenvalue weighted by molar-refractivity contribution is -0.910. The van der Waals surface area contributed by atoms with Crippen LogP contribution in [0.25, 0.3) is 11.1 Å². The van der Waals surface area contributed by atoms with Crippen molar-refractivity contribution in [1.29, 1.82) is 0 Å². The quantitative estimate of drug-likeness (QED) is 0.482. The molecule has 5 N–H and O–H groups in total. The highest BCUT2D eigenvalue weighted by Gasteiger charge is 2.17. The van der Waals surface area contributed by atoms with Gasteiger partial charge in [0.25, 0.3) is 5.69 Å². The zero-order valence-electron chi connectivity index (χ0n) is 11.4. The maximum absolute atomic E-state index is 12.4. The van der Waals surface area contributed by atoms with Crippen molar-refractivity contribution in [3.63, 3.8) is 0 Å². The molecule has 0 radical (unpaired) electrons. The molecule has 6 heteroatoms. The van der Waals surface area contributed by atoms with Crippen LogP contribution in [0.3, 0.4) is 0 Å². The van der Waals surface area contributed by atoms with Crippen LogP contribution in [-0.4, -0.2) is 28.1 Å². The monoisotopic (exact) mass is 293 g/mol. The Kier molecular flexibility index (Phi) is 4.85. The number of aromatic nitrogens is 1. The van der Waals surface area contributed by atoms with Gasteiger partial charge in [0, 0.05) is 10.8 Å². The molecule has 0 amide bonds.